The number of benzene rings is 1. The molecule has 0 bridgehead atoms. The number of carbonyl (C=O) groups is 2. The molecular weight excluding hydrogens is 373 g/mol. The van der Waals surface area contributed by atoms with Gasteiger partial charge in [-0.1, -0.05) is 18.2 Å². The normalized spacial score (nSPS) is 18.0. The number of nitrogens with zero attached hydrogens (tertiary/aromatic N) is 1. The van der Waals surface area contributed by atoms with Gasteiger partial charge in [0.15, 0.2) is 9.84 Å². The molecule has 0 radical (unpaired) electrons. The first-order chi connectivity index (χ1) is 12.8. The van der Waals surface area contributed by atoms with E-state index in [-0.39, 0.29) is 35.3 Å². The van der Waals surface area contributed by atoms with E-state index in [1.54, 1.807) is 12.1 Å². The summed E-state index contributed by atoms with van der Waals surface area (Å²) in [5, 5.41) is 5.28. The van der Waals surface area contributed by atoms with Gasteiger partial charge in [0.2, 0.25) is 0 Å². The minimum Gasteiger partial charge on any atom is -0.347 e. The standard InChI is InChI=1S/C18H18FN3O4S/c19-13-6-4-12(5-7-13)10-20-17(23)15-2-1-3-16(22-15)18(24)21-14-8-9-27(25,26)11-14/h1-7,14H,8-11H2,(H,20,23)(H,21,24). The van der Waals surface area contributed by atoms with E-state index in [0.29, 0.717) is 6.42 Å². The van der Waals surface area contributed by atoms with Crippen LogP contribution in [0.3, 0.4) is 0 Å². The maximum atomic E-state index is 12.9. The fraction of sp³-hybridized carbons (Fsp3) is 0.278. The summed E-state index contributed by atoms with van der Waals surface area (Å²) in [4.78, 5) is 28.5. The highest BCUT2D eigenvalue weighted by molar-refractivity contribution is 7.91. The number of rotatable bonds is 5. The van der Waals surface area contributed by atoms with Crippen LogP contribution in [0.5, 0.6) is 0 Å². The molecule has 1 aliphatic rings. The third kappa shape index (κ3) is 5.10. The van der Waals surface area contributed by atoms with Crippen molar-refractivity contribution in [1.29, 1.82) is 0 Å². The Kier molecular flexibility index (Phi) is 5.50. The minimum absolute atomic E-state index is 0.0359. The summed E-state index contributed by atoms with van der Waals surface area (Å²) in [6.07, 6.45) is 0.367. The van der Waals surface area contributed by atoms with Gasteiger partial charge in [-0.2, -0.15) is 0 Å². The van der Waals surface area contributed by atoms with Gasteiger partial charge in [0, 0.05) is 12.6 Å². The van der Waals surface area contributed by atoms with Gasteiger partial charge in [-0.3, -0.25) is 9.59 Å². The van der Waals surface area contributed by atoms with Crippen LogP contribution < -0.4 is 10.6 Å². The van der Waals surface area contributed by atoms with Gasteiger partial charge in [0.25, 0.3) is 11.8 Å². The summed E-state index contributed by atoms with van der Waals surface area (Å²) >= 11 is 0. The van der Waals surface area contributed by atoms with E-state index < -0.39 is 27.7 Å². The van der Waals surface area contributed by atoms with Gasteiger partial charge in [0.1, 0.15) is 17.2 Å². The SMILES string of the molecule is O=C(NCc1ccc(F)cc1)c1cccc(C(=O)NC2CCS(=O)(=O)C2)n1. The summed E-state index contributed by atoms with van der Waals surface area (Å²) in [5.41, 5.74) is 0.818. The van der Waals surface area contributed by atoms with E-state index in [0.717, 1.165) is 5.56 Å². The summed E-state index contributed by atoms with van der Waals surface area (Å²) in [6, 6.07) is 9.72. The molecule has 0 spiro atoms. The number of carbonyl (C=O) groups excluding carboxylic acids is 2. The van der Waals surface area contributed by atoms with E-state index >= 15 is 0 Å². The number of aromatic nitrogens is 1. The average molecular weight is 391 g/mol. The molecule has 1 unspecified atom stereocenters. The van der Waals surface area contributed by atoms with Gasteiger partial charge in [0.05, 0.1) is 11.5 Å². The largest absolute Gasteiger partial charge is 0.347 e. The minimum atomic E-state index is -3.10. The van der Waals surface area contributed by atoms with Crippen molar-refractivity contribution in [3.8, 4) is 0 Å². The molecule has 1 fully saturated rings. The zero-order chi connectivity index (χ0) is 19.4. The lowest BCUT2D eigenvalue weighted by molar-refractivity contribution is 0.0934. The van der Waals surface area contributed by atoms with Crippen molar-refractivity contribution in [1.82, 2.24) is 15.6 Å². The van der Waals surface area contributed by atoms with E-state index in [4.69, 9.17) is 0 Å². The van der Waals surface area contributed by atoms with Gasteiger partial charge in [-0.25, -0.2) is 17.8 Å². The molecule has 1 aliphatic heterocycles. The number of amides is 2. The van der Waals surface area contributed by atoms with Crippen molar-refractivity contribution in [2.24, 2.45) is 0 Å². The monoisotopic (exact) mass is 391 g/mol. The Morgan fingerprint density at radius 1 is 1.07 bits per heavy atom. The quantitative estimate of drug-likeness (QED) is 0.793. The smallest absolute Gasteiger partial charge is 0.270 e. The maximum absolute atomic E-state index is 12.9. The lowest BCUT2D eigenvalue weighted by Gasteiger charge is -2.11. The zero-order valence-corrected chi connectivity index (χ0v) is 15.1. The number of sulfone groups is 1. The molecule has 142 valence electrons. The fourth-order valence-electron chi connectivity index (χ4n) is 2.73. The van der Waals surface area contributed by atoms with Crippen LogP contribution in [0, 0.1) is 5.82 Å². The van der Waals surface area contributed by atoms with Gasteiger partial charge < -0.3 is 10.6 Å². The van der Waals surface area contributed by atoms with E-state index in [1.807, 2.05) is 0 Å². The molecule has 27 heavy (non-hydrogen) atoms. The highest BCUT2D eigenvalue weighted by Gasteiger charge is 2.29. The Morgan fingerprint density at radius 3 is 2.37 bits per heavy atom. The Labute approximate surface area is 155 Å². The molecular formula is C18H18FN3O4S. The van der Waals surface area contributed by atoms with Crippen LogP contribution in [0.2, 0.25) is 0 Å². The van der Waals surface area contributed by atoms with E-state index in [9.17, 15) is 22.4 Å². The average Bonchev–Trinajstić information content (AvgIpc) is 2.99. The summed E-state index contributed by atoms with van der Waals surface area (Å²) < 4.78 is 35.8. The van der Waals surface area contributed by atoms with E-state index in [2.05, 4.69) is 15.6 Å². The molecule has 0 saturated carbocycles. The fourth-order valence-corrected chi connectivity index (χ4v) is 4.40. The summed E-state index contributed by atoms with van der Waals surface area (Å²) in [5.74, 6) is -1.39. The maximum Gasteiger partial charge on any atom is 0.270 e. The topological polar surface area (TPSA) is 105 Å². The highest BCUT2D eigenvalue weighted by Crippen LogP contribution is 2.12. The van der Waals surface area contributed by atoms with Crippen LogP contribution in [0.25, 0.3) is 0 Å². The second-order valence-electron chi connectivity index (χ2n) is 6.29. The zero-order valence-electron chi connectivity index (χ0n) is 14.3. The van der Waals surface area contributed by atoms with Crippen molar-refractivity contribution in [3.05, 3.63) is 65.2 Å². The number of pyridine rings is 1. The number of hydrogen-bond acceptors (Lipinski definition) is 5. The number of nitrogens with one attached hydrogen (secondary N) is 2. The van der Waals surface area contributed by atoms with Crippen molar-refractivity contribution >= 4 is 21.7 Å². The van der Waals surface area contributed by atoms with Gasteiger partial charge in [-0.05, 0) is 36.2 Å². The van der Waals surface area contributed by atoms with Crippen LogP contribution >= 0.6 is 0 Å². The predicted octanol–water partition coefficient (Wildman–Crippen LogP) is 1.07. The molecule has 2 N–H and O–H groups in total. The van der Waals surface area contributed by atoms with Gasteiger partial charge >= 0.3 is 0 Å². The van der Waals surface area contributed by atoms with Crippen molar-refractivity contribution in [3.63, 3.8) is 0 Å². The molecule has 1 atom stereocenters. The predicted molar refractivity (Wildman–Crippen MR) is 96.3 cm³/mol. The summed E-state index contributed by atoms with van der Waals surface area (Å²) in [7, 11) is -3.10. The third-order valence-electron chi connectivity index (χ3n) is 4.15. The van der Waals surface area contributed by atoms with E-state index in [1.165, 1.54) is 30.3 Å². The van der Waals surface area contributed by atoms with Crippen molar-refractivity contribution in [2.75, 3.05) is 11.5 Å². The number of hydrogen-bond donors (Lipinski definition) is 2. The van der Waals surface area contributed by atoms with Crippen molar-refractivity contribution < 1.29 is 22.4 Å². The molecule has 1 aromatic heterocycles. The van der Waals surface area contributed by atoms with Crippen molar-refractivity contribution in [2.45, 2.75) is 19.0 Å². The first-order valence-corrected chi connectivity index (χ1v) is 10.2. The lowest BCUT2D eigenvalue weighted by atomic mass is 10.2. The Bertz CT molecular complexity index is 961. The Balaban J connectivity index is 1.61. The molecule has 1 aromatic carbocycles. The molecule has 1 saturated heterocycles. The third-order valence-corrected chi connectivity index (χ3v) is 5.92. The second-order valence-corrected chi connectivity index (χ2v) is 8.52. The molecule has 9 heteroatoms. The van der Waals surface area contributed by atoms with Crippen LogP contribution in [0.4, 0.5) is 4.39 Å². The molecule has 3 rings (SSSR count). The Hall–Kier alpha value is -2.81. The van der Waals surface area contributed by atoms with Crippen LogP contribution in [0.15, 0.2) is 42.5 Å². The van der Waals surface area contributed by atoms with Crippen LogP contribution in [0.1, 0.15) is 33.0 Å². The molecule has 0 aliphatic carbocycles. The molecule has 2 amide bonds. The van der Waals surface area contributed by atoms with Crippen LogP contribution in [-0.4, -0.2) is 42.8 Å². The second kappa shape index (κ2) is 7.83. The first-order valence-electron chi connectivity index (χ1n) is 8.33. The van der Waals surface area contributed by atoms with Crippen LogP contribution in [-0.2, 0) is 16.4 Å². The Morgan fingerprint density at radius 2 is 1.74 bits per heavy atom. The lowest BCUT2D eigenvalue weighted by Crippen LogP contribution is -2.36. The number of halogens is 1. The first kappa shape index (κ1) is 19.0. The highest BCUT2D eigenvalue weighted by atomic mass is 32.2. The molecule has 2 aromatic rings. The van der Waals surface area contributed by atoms with Gasteiger partial charge in [-0.15, -0.1) is 0 Å². The molecule has 7 nitrogen and oxygen atoms in total. The summed E-state index contributed by atoms with van der Waals surface area (Å²) in [6.45, 7) is 0.192. The molecule has 2 heterocycles.